The van der Waals surface area contributed by atoms with Crippen LogP contribution in [0.2, 0.25) is 0 Å². The third-order valence-electron chi connectivity index (χ3n) is 2.57. The average Bonchev–Trinajstić information content (AvgIpc) is 2.33. The van der Waals surface area contributed by atoms with Crippen LogP contribution in [0.15, 0.2) is 24.5 Å². The van der Waals surface area contributed by atoms with E-state index >= 15 is 0 Å². The Labute approximate surface area is 121 Å². The lowest BCUT2D eigenvalue weighted by molar-refractivity contribution is 0.0223. The Morgan fingerprint density at radius 2 is 2.00 bits per heavy atom. The molecule has 1 heterocycles. The minimum atomic E-state index is -0.484. The molecule has 0 aliphatic carbocycles. The van der Waals surface area contributed by atoms with Gasteiger partial charge in [0.2, 0.25) is 0 Å². The highest BCUT2D eigenvalue weighted by molar-refractivity contribution is 5.68. The molecule has 0 aliphatic heterocycles. The van der Waals surface area contributed by atoms with E-state index in [0.29, 0.717) is 13.1 Å². The molecule has 0 radical (unpaired) electrons. The fourth-order valence-corrected chi connectivity index (χ4v) is 1.59. The van der Waals surface area contributed by atoms with E-state index < -0.39 is 5.60 Å². The van der Waals surface area contributed by atoms with Crippen molar-refractivity contribution in [2.45, 2.75) is 32.9 Å². The highest BCUT2D eigenvalue weighted by Crippen LogP contribution is 2.12. The molecule has 0 aromatic carbocycles. The van der Waals surface area contributed by atoms with Crippen molar-refractivity contribution < 1.29 is 9.53 Å². The highest BCUT2D eigenvalue weighted by atomic mass is 16.6. The van der Waals surface area contributed by atoms with Crippen LogP contribution in [0.1, 0.15) is 26.3 Å². The third kappa shape index (κ3) is 6.52. The van der Waals surface area contributed by atoms with Crippen LogP contribution in [0.3, 0.4) is 0 Å². The first-order valence-corrected chi connectivity index (χ1v) is 6.79. The van der Waals surface area contributed by atoms with Crippen molar-refractivity contribution in [1.82, 2.24) is 14.8 Å². The van der Waals surface area contributed by atoms with Gasteiger partial charge in [0.15, 0.2) is 0 Å². The lowest BCUT2D eigenvalue weighted by Crippen LogP contribution is -2.39. The van der Waals surface area contributed by atoms with Crippen molar-refractivity contribution in [2.24, 2.45) is 0 Å². The highest BCUT2D eigenvalue weighted by Gasteiger charge is 2.22. The number of aromatic nitrogens is 1. The fourth-order valence-electron chi connectivity index (χ4n) is 1.59. The van der Waals surface area contributed by atoms with E-state index in [1.165, 1.54) is 0 Å². The third-order valence-corrected chi connectivity index (χ3v) is 2.57. The molecule has 0 atom stereocenters. The van der Waals surface area contributed by atoms with Gasteiger partial charge in [-0.1, -0.05) is 6.07 Å². The molecule has 1 aromatic heterocycles. The largest absolute Gasteiger partial charge is 0.444 e. The number of amides is 1. The Kier molecular flexibility index (Phi) is 5.95. The van der Waals surface area contributed by atoms with E-state index in [2.05, 4.69) is 4.98 Å². The van der Waals surface area contributed by atoms with Crippen LogP contribution in [0, 0.1) is 0 Å². The Hall–Kier alpha value is -1.62. The maximum Gasteiger partial charge on any atom is 0.410 e. The number of pyridine rings is 1. The molecular formula is C15H25N3O2. The zero-order chi connectivity index (χ0) is 15.2. The second-order valence-electron chi connectivity index (χ2n) is 6.07. The molecule has 1 aromatic rings. The molecule has 0 N–H and O–H groups in total. The van der Waals surface area contributed by atoms with Crippen molar-refractivity contribution in [3.8, 4) is 0 Å². The zero-order valence-corrected chi connectivity index (χ0v) is 13.1. The number of hydrogen-bond donors (Lipinski definition) is 0. The predicted octanol–water partition coefficient (Wildman–Crippen LogP) is 2.38. The van der Waals surface area contributed by atoms with Gasteiger partial charge >= 0.3 is 6.09 Å². The van der Waals surface area contributed by atoms with Crippen molar-refractivity contribution >= 4 is 6.09 Å². The van der Waals surface area contributed by atoms with Gasteiger partial charge in [-0.15, -0.1) is 0 Å². The van der Waals surface area contributed by atoms with Crippen LogP contribution in [-0.4, -0.2) is 53.7 Å². The van der Waals surface area contributed by atoms with Crippen molar-refractivity contribution in [2.75, 3.05) is 27.2 Å². The second-order valence-corrected chi connectivity index (χ2v) is 6.07. The summed E-state index contributed by atoms with van der Waals surface area (Å²) >= 11 is 0. The number of carbonyl (C=O) groups is 1. The van der Waals surface area contributed by atoms with Crippen LogP contribution in [-0.2, 0) is 11.3 Å². The number of likely N-dealkylation sites (N-methyl/N-ethyl adjacent to an activating group) is 1. The standard InChI is InChI=1S/C15H25N3O2/c1-15(2,3)20-14(19)18(10-9-17(4)5)12-13-7-6-8-16-11-13/h6-8,11H,9-10,12H2,1-5H3. The molecule has 5 heteroatoms. The molecule has 0 fully saturated rings. The number of carbonyl (C=O) groups excluding carboxylic acids is 1. The first-order valence-electron chi connectivity index (χ1n) is 6.79. The smallest absolute Gasteiger partial charge is 0.410 e. The maximum absolute atomic E-state index is 12.2. The first-order chi connectivity index (χ1) is 9.28. The minimum Gasteiger partial charge on any atom is -0.444 e. The molecule has 1 rings (SSSR count). The van der Waals surface area contributed by atoms with Gasteiger partial charge in [0.25, 0.3) is 0 Å². The van der Waals surface area contributed by atoms with Gasteiger partial charge in [-0.05, 0) is 46.5 Å². The number of rotatable bonds is 5. The predicted molar refractivity (Wildman–Crippen MR) is 79.4 cm³/mol. The van der Waals surface area contributed by atoms with E-state index in [0.717, 1.165) is 12.1 Å². The molecular weight excluding hydrogens is 254 g/mol. The Bertz CT molecular complexity index is 413. The Morgan fingerprint density at radius 1 is 1.30 bits per heavy atom. The molecule has 0 aliphatic rings. The van der Waals surface area contributed by atoms with Gasteiger partial charge in [-0.2, -0.15) is 0 Å². The van der Waals surface area contributed by atoms with Crippen molar-refractivity contribution in [1.29, 1.82) is 0 Å². The molecule has 0 spiro atoms. The number of ether oxygens (including phenoxy) is 1. The van der Waals surface area contributed by atoms with Gasteiger partial charge in [-0.3, -0.25) is 4.98 Å². The molecule has 0 bridgehead atoms. The Morgan fingerprint density at radius 3 is 2.50 bits per heavy atom. The van der Waals surface area contributed by atoms with Crippen molar-refractivity contribution in [3.63, 3.8) is 0 Å². The van der Waals surface area contributed by atoms with Crippen LogP contribution in [0.25, 0.3) is 0 Å². The molecule has 0 unspecified atom stereocenters. The summed E-state index contributed by atoms with van der Waals surface area (Å²) in [6, 6.07) is 3.83. The number of hydrogen-bond acceptors (Lipinski definition) is 4. The van der Waals surface area contributed by atoms with Gasteiger partial charge in [0.05, 0.1) is 6.54 Å². The van der Waals surface area contributed by atoms with Gasteiger partial charge in [-0.25, -0.2) is 4.79 Å². The maximum atomic E-state index is 12.2. The molecule has 5 nitrogen and oxygen atoms in total. The summed E-state index contributed by atoms with van der Waals surface area (Å²) in [4.78, 5) is 20.1. The SMILES string of the molecule is CN(C)CCN(Cc1cccnc1)C(=O)OC(C)(C)C. The van der Waals surface area contributed by atoms with Crippen LogP contribution >= 0.6 is 0 Å². The van der Waals surface area contributed by atoms with Gasteiger partial charge < -0.3 is 14.5 Å². The quantitative estimate of drug-likeness (QED) is 0.830. The molecule has 0 saturated heterocycles. The van der Waals surface area contributed by atoms with E-state index in [9.17, 15) is 4.79 Å². The lowest BCUT2D eigenvalue weighted by Gasteiger charge is -2.28. The van der Waals surface area contributed by atoms with Crippen LogP contribution in [0.5, 0.6) is 0 Å². The summed E-state index contributed by atoms with van der Waals surface area (Å²) < 4.78 is 5.45. The Balaban J connectivity index is 2.71. The van der Waals surface area contributed by atoms with E-state index in [4.69, 9.17) is 4.74 Å². The van der Waals surface area contributed by atoms with Crippen LogP contribution < -0.4 is 0 Å². The van der Waals surface area contributed by atoms with Gasteiger partial charge in [0.1, 0.15) is 5.60 Å². The van der Waals surface area contributed by atoms with Gasteiger partial charge in [0, 0.05) is 25.5 Å². The van der Waals surface area contributed by atoms with E-state index in [1.54, 1.807) is 17.3 Å². The molecule has 0 saturated carbocycles. The normalized spacial score (nSPS) is 11.5. The van der Waals surface area contributed by atoms with Crippen molar-refractivity contribution in [3.05, 3.63) is 30.1 Å². The lowest BCUT2D eigenvalue weighted by atomic mass is 10.2. The molecule has 1 amide bonds. The second kappa shape index (κ2) is 7.24. The summed E-state index contributed by atoms with van der Waals surface area (Å²) in [6.07, 6.45) is 3.21. The fraction of sp³-hybridized carbons (Fsp3) is 0.600. The van der Waals surface area contributed by atoms with Crippen LogP contribution in [0.4, 0.5) is 4.79 Å². The number of nitrogens with zero attached hydrogens (tertiary/aromatic N) is 3. The minimum absolute atomic E-state index is 0.289. The van der Waals surface area contributed by atoms with E-state index in [1.807, 2.05) is 51.9 Å². The summed E-state index contributed by atoms with van der Waals surface area (Å²) in [7, 11) is 3.97. The summed E-state index contributed by atoms with van der Waals surface area (Å²) in [6.45, 7) is 7.55. The summed E-state index contributed by atoms with van der Waals surface area (Å²) in [5.41, 5.74) is 0.514. The van der Waals surface area contributed by atoms with E-state index in [-0.39, 0.29) is 6.09 Å². The summed E-state index contributed by atoms with van der Waals surface area (Å²) in [5.74, 6) is 0. The average molecular weight is 279 g/mol. The first kappa shape index (κ1) is 16.4. The molecule has 112 valence electrons. The molecule has 20 heavy (non-hydrogen) atoms. The zero-order valence-electron chi connectivity index (χ0n) is 13.1. The monoisotopic (exact) mass is 279 g/mol. The topological polar surface area (TPSA) is 45.7 Å². The summed E-state index contributed by atoms with van der Waals surface area (Å²) in [5, 5.41) is 0.